The van der Waals surface area contributed by atoms with Crippen LogP contribution in [-0.2, 0) is 26.9 Å². The van der Waals surface area contributed by atoms with Crippen LogP contribution in [0.4, 0.5) is 5.69 Å². The summed E-state index contributed by atoms with van der Waals surface area (Å²) in [6, 6.07) is 4.55. The van der Waals surface area contributed by atoms with E-state index in [1.54, 1.807) is 18.2 Å². The number of amides is 1. The Morgan fingerprint density at radius 1 is 1.32 bits per heavy atom. The Balaban J connectivity index is 1.68. The van der Waals surface area contributed by atoms with Crippen molar-refractivity contribution in [1.82, 2.24) is 15.0 Å². The number of hydrogen-bond acceptors (Lipinski definition) is 7. The van der Waals surface area contributed by atoms with Gasteiger partial charge in [-0.3, -0.25) is 9.69 Å². The maximum atomic E-state index is 12.8. The summed E-state index contributed by atoms with van der Waals surface area (Å²) < 4.78 is 27.9. The fourth-order valence-corrected chi connectivity index (χ4v) is 3.98. The number of likely N-dealkylation sites (tertiary alicyclic amines) is 1. The van der Waals surface area contributed by atoms with Crippen molar-refractivity contribution < 1.29 is 17.7 Å². The van der Waals surface area contributed by atoms with Crippen molar-refractivity contribution in [2.75, 3.05) is 18.1 Å². The Morgan fingerprint density at radius 3 is 2.82 bits per heavy atom. The molecular weight excluding hydrogens is 427 g/mol. The second kappa shape index (κ2) is 8.77. The van der Waals surface area contributed by atoms with E-state index in [0.29, 0.717) is 28.7 Å². The molecular formula is C17H20Cl2N4O4S. The highest BCUT2D eigenvalue weighted by atomic mass is 35.5. The number of nitrogens with one attached hydrogen (secondary N) is 1. The van der Waals surface area contributed by atoms with Crippen LogP contribution in [-0.4, -0.2) is 48.2 Å². The van der Waals surface area contributed by atoms with E-state index in [0.717, 1.165) is 19.1 Å². The van der Waals surface area contributed by atoms with Gasteiger partial charge in [-0.25, -0.2) is 8.42 Å². The maximum Gasteiger partial charge on any atom is 0.241 e. The van der Waals surface area contributed by atoms with E-state index in [2.05, 4.69) is 15.5 Å². The molecule has 11 heteroatoms. The number of carbonyl (C=O) groups is 1. The Morgan fingerprint density at radius 2 is 2.11 bits per heavy atom. The van der Waals surface area contributed by atoms with Crippen molar-refractivity contribution in [3.8, 4) is 0 Å². The lowest BCUT2D eigenvalue weighted by molar-refractivity contribution is -0.122. The first kappa shape index (κ1) is 21.0. The number of anilines is 1. The van der Waals surface area contributed by atoms with Crippen LogP contribution in [0.1, 0.15) is 31.0 Å². The van der Waals surface area contributed by atoms with Gasteiger partial charge in [0.25, 0.3) is 0 Å². The molecule has 3 rings (SSSR count). The van der Waals surface area contributed by atoms with Gasteiger partial charge < -0.3 is 9.84 Å². The smallest absolute Gasteiger partial charge is 0.241 e. The van der Waals surface area contributed by atoms with Gasteiger partial charge in [0, 0.05) is 11.9 Å². The van der Waals surface area contributed by atoms with E-state index >= 15 is 0 Å². The van der Waals surface area contributed by atoms with E-state index in [4.69, 9.17) is 27.7 Å². The lowest BCUT2D eigenvalue weighted by Gasteiger charge is -2.33. The zero-order valence-electron chi connectivity index (χ0n) is 15.2. The van der Waals surface area contributed by atoms with Crippen molar-refractivity contribution in [1.29, 1.82) is 0 Å². The number of nitrogens with zero attached hydrogens (tertiary/aromatic N) is 3. The molecule has 1 amide bonds. The molecule has 1 saturated heterocycles. The van der Waals surface area contributed by atoms with Crippen LogP contribution in [0.3, 0.4) is 0 Å². The van der Waals surface area contributed by atoms with E-state index in [-0.39, 0.29) is 36.0 Å². The van der Waals surface area contributed by atoms with Gasteiger partial charge in [-0.1, -0.05) is 34.8 Å². The molecule has 0 spiro atoms. The van der Waals surface area contributed by atoms with Crippen LogP contribution in [0.5, 0.6) is 0 Å². The Labute approximate surface area is 173 Å². The lowest BCUT2D eigenvalue weighted by Crippen LogP contribution is -2.46. The number of halogens is 2. The van der Waals surface area contributed by atoms with Crippen molar-refractivity contribution in [2.24, 2.45) is 0 Å². The minimum atomic E-state index is -3.25. The second-order valence-electron chi connectivity index (χ2n) is 6.77. The Hall–Kier alpha value is -1.68. The summed E-state index contributed by atoms with van der Waals surface area (Å²) in [5.41, 5.74) is 0.568. The number of sulfone groups is 1. The molecule has 1 unspecified atom stereocenters. The highest BCUT2D eigenvalue weighted by Crippen LogP contribution is 2.26. The molecule has 1 aliphatic rings. The number of benzene rings is 1. The maximum absolute atomic E-state index is 12.8. The van der Waals surface area contributed by atoms with Crippen LogP contribution in [0.2, 0.25) is 10.0 Å². The summed E-state index contributed by atoms with van der Waals surface area (Å²) in [4.78, 5) is 18.9. The first-order valence-corrected chi connectivity index (χ1v) is 11.5. The normalized spacial score (nSPS) is 18.2. The second-order valence-corrected chi connectivity index (χ2v) is 9.73. The first-order valence-electron chi connectivity index (χ1n) is 8.70. The molecule has 0 saturated carbocycles. The third-order valence-corrected chi connectivity index (χ3v) is 5.86. The molecule has 1 N–H and O–H groups in total. The van der Waals surface area contributed by atoms with E-state index in [1.807, 2.05) is 4.90 Å². The zero-order chi connectivity index (χ0) is 20.3. The largest absolute Gasteiger partial charge is 0.338 e. The third kappa shape index (κ3) is 5.66. The lowest BCUT2D eigenvalue weighted by atomic mass is 10.0. The third-order valence-electron chi connectivity index (χ3n) is 4.34. The van der Waals surface area contributed by atoms with Crippen molar-refractivity contribution in [3.05, 3.63) is 40.0 Å². The quantitative estimate of drug-likeness (QED) is 0.726. The van der Waals surface area contributed by atoms with Crippen LogP contribution >= 0.6 is 23.2 Å². The summed E-state index contributed by atoms with van der Waals surface area (Å²) in [5.74, 6) is -0.0363. The fourth-order valence-electron chi connectivity index (χ4n) is 3.10. The fraction of sp³-hybridized carbons (Fsp3) is 0.471. The SMILES string of the molecule is CS(=O)(=O)Cc1noc(CN2CCCCC2C(=O)Nc2ccc(Cl)c(Cl)c2)n1. The standard InChI is InChI=1S/C17H20Cl2N4O4S/c1-28(25,26)10-15-21-16(27-22-15)9-23-7-3-2-4-14(23)17(24)20-11-5-6-12(18)13(19)8-11/h5-6,8,14H,2-4,7,9-10H2,1H3,(H,20,24). The van der Waals surface area contributed by atoms with Crippen molar-refractivity contribution in [3.63, 3.8) is 0 Å². The minimum absolute atomic E-state index is 0.117. The molecule has 0 radical (unpaired) electrons. The Bertz CT molecular complexity index is 964. The Kier molecular flexibility index (Phi) is 6.59. The number of hydrogen-bond donors (Lipinski definition) is 1. The van der Waals surface area contributed by atoms with Crippen LogP contribution in [0.25, 0.3) is 0 Å². The minimum Gasteiger partial charge on any atom is -0.338 e. The van der Waals surface area contributed by atoms with Gasteiger partial charge in [0.1, 0.15) is 5.75 Å². The average molecular weight is 447 g/mol. The van der Waals surface area contributed by atoms with E-state index in [9.17, 15) is 13.2 Å². The summed E-state index contributed by atoms with van der Waals surface area (Å²) in [5, 5.41) is 7.35. The molecule has 0 bridgehead atoms. The van der Waals surface area contributed by atoms with Gasteiger partial charge in [-0.05, 0) is 37.6 Å². The molecule has 0 aliphatic carbocycles. The van der Waals surface area contributed by atoms with Crippen molar-refractivity contribution in [2.45, 2.75) is 37.6 Å². The molecule has 28 heavy (non-hydrogen) atoms. The summed E-state index contributed by atoms with van der Waals surface area (Å²) in [6.45, 7) is 0.972. The molecule has 1 atom stereocenters. The summed E-state index contributed by atoms with van der Waals surface area (Å²) in [7, 11) is -3.25. The number of rotatable bonds is 6. The zero-order valence-corrected chi connectivity index (χ0v) is 17.5. The molecule has 1 aromatic heterocycles. The number of aromatic nitrogens is 2. The highest BCUT2D eigenvalue weighted by Gasteiger charge is 2.30. The van der Waals surface area contributed by atoms with Gasteiger partial charge in [-0.15, -0.1) is 0 Å². The van der Waals surface area contributed by atoms with Crippen LogP contribution in [0, 0.1) is 0 Å². The molecule has 2 aromatic rings. The van der Waals surface area contributed by atoms with Crippen LogP contribution in [0.15, 0.2) is 22.7 Å². The molecule has 1 fully saturated rings. The average Bonchev–Trinajstić information content (AvgIpc) is 3.03. The first-order chi connectivity index (χ1) is 13.2. The van der Waals surface area contributed by atoms with Gasteiger partial charge in [-0.2, -0.15) is 4.98 Å². The molecule has 8 nitrogen and oxygen atoms in total. The molecule has 2 heterocycles. The van der Waals surface area contributed by atoms with Gasteiger partial charge in [0.2, 0.25) is 11.8 Å². The molecule has 152 valence electrons. The van der Waals surface area contributed by atoms with Crippen molar-refractivity contribution >= 4 is 44.6 Å². The summed E-state index contributed by atoms with van der Waals surface area (Å²) >= 11 is 11.9. The van der Waals surface area contributed by atoms with Gasteiger partial charge in [0.05, 0.1) is 22.6 Å². The number of piperidine rings is 1. The number of carbonyl (C=O) groups excluding carboxylic acids is 1. The predicted octanol–water partition coefficient (Wildman–Crippen LogP) is 2.91. The highest BCUT2D eigenvalue weighted by molar-refractivity contribution is 7.89. The topological polar surface area (TPSA) is 105 Å². The molecule has 1 aromatic carbocycles. The summed E-state index contributed by atoms with van der Waals surface area (Å²) in [6.07, 6.45) is 3.68. The molecule has 1 aliphatic heterocycles. The van der Waals surface area contributed by atoms with Gasteiger partial charge >= 0.3 is 0 Å². The monoisotopic (exact) mass is 446 g/mol. The van der Waals surface area contributed by atoms with E-state index in [1.165, 1.54) is 0 Å². The van der Waals surface area contributed by atoms with Crippen LogP contribution < -0.4 is 5.32 Å². The predicted molar refractivity (Wildman–Crippen MR) is 106 cm³/mol. The van der Waals surface area contributed by atoms with Gasteiger partial charge in [0.15, 0.2) is 15.7 Å². The van der Waals surface area contributed by atoms with E-state index < -0.39 is 9.84 Å².